The van der Waals surface area contributed by atoms with E-state index in [0.29, 0.717) is 6.04 Å². The standard InChI is InChI=1S/C9H17N3/c1-5-12-9(10-7(2)3)6-8(4)11-12/h6-7,10H,5H2,1-4H3. The van der Waals surface area contributed by atoms with Crippen molar-refractivity contribution in [2.45, 2.75) is 40.3 Å². The minimum atomic E-state index is 0.464. The van der Waals surface area contributed by atoms with Gasteiger partial charge in [0.1, 0.15) is 5.82 Å². The van der Waals surface area contributed by atoms with Crippen LogP contribution >= 0.6 is 0 Å². The Bertz CT molecular complexity index is 250. The first kappa shape index (κ1) is 9.10. The van der Waals surface area contributed by atoms with E-state index in [-0.39, 0.29) is 0 Å². The maximum atomic E-state index is 4.34. The molecule has 0 fully saturated rings. The summed E-state index contributed by atoms with van der Waals surface area (Å²) in [4.78, 5) is 0. The largest absolute Gasteiger partial charge is 0.368 e. The van der Waals surface area contributed by atoms with E-state index in [2.05, 4.69) is 37.3 Å². The lowest BCUT2D eigenvalue weighted by Gasteiger charge is -2.10. The Morgan fingerprint density at radius 2 is 2.25 bits per heavy atom. The Balaban J connectivity index is 2.81. The third-order valence-electron chi connectivity index (χ3n) is 1.64. The van der Waals surface area contributed by atoms with Crippen LogP contribution in [0, 0.1) is 6.92 Å². The molecule has 1 heterocycles. The number of nitrogens with one attached hydrogen (secondary N) is 1. The van der Waals surface area contributed by atoms with E-state index in [1.54, 1.807) is 0 Å². The highest BCUT2D eigenvalue weighted by Crippen LogP contribution is 2.10. The topological polar surface area (TPSA) is 29.9 Å². The molecule has 0 aliphatic carbocycles. The molecule has 0 spiro atoms. The number of aryl methyl sites for hydroxylation is 2. The van der Waals surface area contributed by atoms with Gasteiger partial charge in [-0.1, -0.05) is 0 Å². The molecule has 0 bridgehead atoms. The van der Waals surface area contributed by atoms with Crippen molar-refractivity contribution in [3.8, 4) is 0 Å². The lowest BCUT2D eigenvalue weighted by atomic mass is 10.4. The maximum Gasteiger partial charge on any atom is 0.124 e. The van der Waals surface area contributed by atoms with E-state index in [9.17, 15) is 0 Å². The summed E-state index contributed by atoms with van der Waals surface area (Å²) in [5, 5.41) is 7.68. The van der Waals surface area contributed by atoms with Gasteiger partial charge in [0.05, 0.1) is 5.69 Å². The molecule has 0 radical (unpaired) electrons. The summed E-state index contributed by atoms with van der Waals surface area (Å²) >= 11 is 0. The van der Waals surface area contributed by atoms with Gasteiger partial charge < -0.3 is 5.32 Å². The van der Waals surface area contributed by atoms with E-state index >= 15 is 0 Å². The van der Waals surface area contributed by atoms with E-state index in [4.69, 9.17) is 0 Å². The lowest BCUT2D eigenvalue weighted by molar-refractivity contribution is 0.652. The van der Waals surface area contributed by atoms with Crippen molar-refractivity contribution in [2.75, 3.05) is 5.32 Å². The number of nitrogens with zero attached hydrogens (tertiary/aromatic N) is 2. The minimum absolute atomic E-state index is 0.464. The Hall–Kier alpha value is -0.990. The van der Waals surface area contributed by atoms with Gasteiger partial charge in [-0.05, 0) is 27.7 Å². The SMILES string of the molecule is CCn1nc(C)cc1NC(C)C. The van der Waals surface area contributed by atoms with Gasteiger partial charge in [-0.2, -0.15) is 5.10 Å². The van der Waals surface area contributed by atoms with Crippen LogP contribution in [0.1, 0.15) is 26.5 Å². The number of hydrogen-bond donors (Lipinski definition) is 1. The van der Waals surface area contributed by atoms with Crippen LogP contribution in [0.2, 0.25) is 0 Å². The van der Waals surface area contributed by atoms with Crippen LogP contribution in [-0.4, -0.2) is 15.8 Å². The minimum Gasteiger partial charge on any atom is -0.368 e. The van der Waals surface area contributed by atoms with Crippen LogP contribution in [0.3, 0.4) is 0 Å². The molecule has 0 unspecified atom stereocenters. The van der Waals surface area contributed by atoms with Crippen molar-refractivity contribution in [1.29, 1.82) is 0 Å². The zero-order valence-electron chi connectivity index (χ0n) is 8.26. The second-order valence-corrected chi connectivity index (χ2v) is 3.29. The summed E-state index contributed by atoms with van der Waals surface area (Å²) in [6, 6.07) is 2.54. The number of rotatable bonds is 3. The predicted octanol–water partition coefficient (Wildman–Crippen LogP) is 2.03. The molecule has 12 heavy (non-hydrogen) atoms. The first-order valence-corrected chi connectivity index (χ1v) is 4.44. The van der Waals surface area contributed by atoms with Crippen LogP contribution in [0.5, 0.6) is 0 Å². The third kappa shape index (κ3) is 2.00. The number of hydrogen-bond acceptors (Lipinski definition) is 2. The molecule has 0 aliphatic rings. The highest BCUT2D eigenvalue weighted by molar-refractivity contribution is 5.37. The molecule has 0 aromatic carbocycles. The highest BCUT2D eigenvalue weighted by Gasteiger charge is 2.03. The molecule has 0 atom stereocenters. The molecule has 1 aromatic heterocycles. The second-order valence-electron chi connectivity index (χ2n) is 3.29. The van der Waals surface area contributed by atoms with Gasteiger partial charge in [0.2, 0.25) is 0 Å². The molecule has 0 aliphatic heterocycles. The van der Waals surface area contributed by atoms with Crippen LogP contribution < -0.4 is 5.32 Å². The van der Waals surface area contributed by atoms with Crippen molar-refractivity contribution in [1.82, 2.24) is 9.78 Å². The average molecular weight is 167 g/mol. The summed E-state index contributed by atoms with van der Waals surface area (Å²) in [6.07, 6.45) is 0. The molecule has 1 rings (SSSR count). The Kier molecular flexibility index (Phi) is 2.74. The highest BCUT2D eigenvalue weighted by atomic mass is 15.3. The average Bonchev–Trinajstić information content (AvgIpc) is 2.29. The van der Waals surface area contributed by atoms with Gasteiger partial charge >= 0.3 is 0 Å². The van der Waals surface area contributed by atoms with E-state index in [1.807, 2.05) is 11.6 Å². The first-order valence-electron chi connectivity index (χ1n) is 4.44. The first-order chi connectivity index (χ1) is 5.63. The van der Waals surface area contributed by atoms with Crippen molar-refractivity contribution in [3.63, 3.8) is 0 Å². The molecule has 0 saturated heterocycles. The Morgan fingerprint density at radius 1 is 1.58 bits per heavy atom. The molecule has 68 valence electrons. The van der Waals surface area contributed by atoms with Crippen molar-refractivity contribution >= 4 is 5.82 Å². The lowest BCUT2D eigenvalue weighted by Crippen LogP contribution is -2.13. The molecule has 0 saturated carbocycles. The zero-order valence-corrected chi connectivity index (χ0v) is 8.26. The molecule has 0 amide bonds. The Morgan fingerprint density at radius 3 is 2.75 bits per heavy atom. The summed E-state index contributed by atoms with van der Waals surface area (Å²) in [5.41, 5.74) is 1.07. The van der Waals surface area contributed by atoms with Crippen LogP contribution in [0.4, 0.5) is 5.82 Å². The number of aromatic nitrogens is 2. The smallest absolute Gasteiger partial charge is 0.124 e. The predicted molar refractivity (Wildman–Crippen MR) is 51.4 cm³/mol. The number of anilines is 1. The van der Waals surface area contributed by atoms with Crippen molar-refractivity contribution in [3.05, 3.63) is 11.8 Å². The van der Waals surface area contributed by atoms with Gasteiger partial charge in [-0.25, -0.2) is 4.68 Å². The summed E-state index contributed by atoms with van der Waals surface area (Å²) in [5.74, 6) is 1.12. The summed E-state index contributed by atoms with van der Waals surface area (Å²) in [6.45, 7) is 9.28. The van der Waals surface area contributed by atoms with Gasteiger partial charge in [0.15, 0.2) is 0 Å². The van der Waals surface area contributed by atoms with Crippen molar-refractivity contribution in [2.24, 2.45) is 0 Å². The molecular weight excluding hydrogens is 150 g/mol. The van der Waals surface area contributed by atoms with Crippen LogP contribution in [-0.2, 0) is 6.54 Å². The molecular formula is C9H17N3. The second kappa shape index (κ2) is 3.61. The fraction of sp³-hybridized carbons (Fsp3) is 0.667. The van der Waals surface area contributed by atoms with Gasteiger partial charge in [-0.3, -0.25) is 0 Å². The van der Waals surface area contributed by atoms with Crippen LogP contribution in [0.15, 0.2) is 6.07 Å². The van der Waals surface area contributed by atoms with E-state index in [0.717, 1.165) is 18.1 Å². The zero-order chi connectivity index (χ0) is 9.14. The van der Waals surface area contributed by atoms with E-state index in [1.165, 1.54) is 0 Å². The molecule has 3 heteroatoms. The van der Waals surface area contributed by atoms with Gasteiger partial charge in [-0.15, -0.1) is 0 Å². The maximum absolute atomic E-state index is 4.34. The molecule has 3 nitrogen and oxygen atoms in total. The van der Waals surface area contributed by atoms with Crippen LogP contribution in [0.25, 0.3) is 0 Å². The summed E-state index contributed by atoms with van der Waals surface area (Å²) < 4.78 is 1.98. The van der Waals surface area contributed by atoms with Gasteiger partial charge in [0.25, 0.3) is 0 Å². The monoisotopic (exact) mass is 167 g/mol. The normalized spacial score (nSPS) is 10.8. The molecule has 1 N–H and O–H groups in total. The van der Waals surface area contributed by atoms with E-state index < -0.39 is 0 Å². The third-order valence-corrected chi connectivity index (χ3v) is 1.64. The fourth-order valence-corrected chi connectivity index (χ4v) is 1.20. The quantitative estimate of drug-likeness (QED) is 0.746. The fourth-order valence-electron chi connectivity index (χ4n) is 1.20. The van der Waals surface area contributed by atoms with Crippen molar-refractivity contribution < 1.29 is 0 Å². The summed E-state index contributed by atoms with van der Waals surface area (Å²) in [7, 11) is 0. The Labute approximate surface area is 73.8 Å². The van der Waals surface area contributed by atoms with Gasteiger partial charge in [0, 0.05) is 18.7 Å². The molecule has 1 aromatic rings.